The molecule has 0 aromatic carbocycles. The van der Waals surface area contributed by atoms with E-state index in [0.717, 1.165) is 11.5 Å². The smallest absolute Gasteiger partial charge is 0.318 e. The van der Waals surface area contributed by atoms with Gasteiger partial charge < -0.3 is 14.9 Å². The number of aromatic nitrogens is 4. The van der Waals surface area contributed by atoms with E-state index in [-0.39, 0.29) is 28.8 Å². The van der Waals surface area contributed by atoms with Gasteiger partial charge in [-0.2, -0.15) is 9.51 Å². The van der Waals surface area contributed by atoms with Crippen molar-refractivity contribution in [1.29, 1.82) is 0 Å². The molecule has 2 saturated heterocycles. The summed E-state index contributed by atoms with van der Waals surface area (Å²) in [7, 11) is -2.33. The lowest BCUT2D eigenvalue weighted by atomic mass is 10.1. The quantitative estimate of drug-likeness (QED) is 0.271. The molecule has 0 amide bonds. The first-order valence-corrected chi connectivity index (χ1v) is 19.5. The molecule has 0 bridgehead atoms. The van der Waals surface area contributed by atoms with Gasteiger partial charge in [-0.15, -0.1) is 0 Å². The number of halogens is 1. The lowest BCUT2D eigenvalue weighted by molar-refractivity contribution is -0.0379. The predicted octanol–water partition coefficient (Wildman–Crippen LogP) is 4.43. The lowest BCUT2D eigenvalue weighted by Crippen LogP contribution is -2.49. The number of H-pyrrole nitrogens is 1. The molecule has 2 aliphatic heterocycles. The number of nitrogens with two attached hydrogens (primary N) is 1. The maximum atomic E-state index is 16.0. The monoisotopic (exact) mass is 554 g/mol. The number of thiol groups is 1. The van der Waals surface area contributed by atoms with Crippen molar-refractivity contribution in [2.45, 2.75) is 63.5 Å². The molecule has 15 heteroatoms. The molecule has 0 radical (unpaired) electrons. The second-order valence-corrected chi connectivity index (χ2v) is 25.5. The zero-order valence-electron chi connectivity index (χ0n) is 19.1. The summed E-state index contributed by atoms with van der Waals surface area (Å²) in [5, 5.41) is -2.06. The van der Waals surface area contributed by atoms with E-state index < -0.39 is 43.6 Å². The summed E-state index contributed by atoms with van der Waals surface area (Å²) < 4.78 is 36.3. The average Bonchev–Trinajstić information content (AvgIpc) is 3.39. The van der Waals surface area contributed by atoms with Gasteiger partial charge in [-0.3, -0.25) is 14.3 Å². The molecule has 4 rings (SSSR count). The van der Waals surface area contributed by atoms with Crippen LogP contribution in [0.25, 0.3) is 11.2 Å². The van der Waals surface area contributed by atoms with Crippen LogP contribution in [0.3, 0.4) is 0 Å². The Morgan fingerprint density at radius 1 is 1.42 bits per heavy atom. The van der Waals surface area contributed by atoms with E-state index in [0.29, 0.717) is 0 Å². The SMILES string of the molecule is CC(C)(C)[Si](C)(C)O[C@H]1[C@@H](F)[C@H](n2cnc3c(=O)[nH]c(N)nc32)O[C@@H]1CO[P+]1(S)SCCS1. The predicted molar refractivity (Wildman–Crippen MR) is 140 cm³/mol. The van der Waals surface area contributed by atoms with Crippen molar-refractivity contribution in [2.24, 2.45) is 0 Å². The van der Waals surface area contributed by atoms with Crippen LogP contribution in [0.4, 0.5) is 10.3 Å². The highest BCUT2D eigenvalue weighted by molar-refractivity contribution is 9.15. The number of nitrogens with one attached hydrogen (secondary N) is 1. The maximum Gasteiger partial charge on any atom is 0.318 e. The number of ether oxygens (including phenoxy) is 1. The van der Waals surface area contributed by atoms with E-state index in [1.54, 1.807) is 22.8 Å². The minimum atomic E-state index is -2.33. The number of nitrogen functional groups attached to an aromatic ring is 1. The largest absolute Gasteiger partial charge is 0.408 e. The molecule has 2 aromatic heterocycles. The Bertz CT molecular complexity index is 1080. The highest BCUT2D eigenvalue weighted by Gasteiger charge is 2.54. The molecule has 9 nitrogen and oxygen atoms in total. The highest BCUT2D eigenvalue weighted by atomic mass is 33.4. The maximum absolute atomic E-state index is 16.0. The standard InChI is InChI=1S/C18H29FN5O4PS3Si/c1-18(2,3)33(4,5)28-13-10(8-26-29(30)31-6-7-32-29)27-16(11(13)19)24-9-21-12-14(24)22-17(20)23-15(12)25/h9-11,13,16,30H,6-8H2,1-5H3,(H2-,20,22,23,25)/p+1/t10-,11-,13-,16-/m1/s1. The number of nitrogens with zero attached hydrogens (tertiary/aromatic N) is 3. The fraction of sp³-hybridized carbons (Fsp3) is 0.722. The van der Waals surface area contributed by atoms with Gasteiger partial charge in [-0.25, -0.2) is 9.37 Å². The number of hydrogen-bond acceptors (Lipinski definition) is 10. The molecule has 2 fully saturated rings. The molecular formula is C18H30FN5O4PS3Si+. The molecule has 4 atom stereocenters. The zero-order chi connectivity index (χ0) is 24.2. The fourth-order valence-corrected chi connectivity index (χ4v) is 13.8. The second kappa shape index (κ2) is 9.27. The third-order valence-corrected chi connectivity index (χ3v) is 20.9. The number of anilines is 1. The van der Waals surface area contributed by atoms with Gasteiger partial charge in [0.15, 0.2) is 31.9 Å². The minimum absolute atomic E-state index is 0.0700. The van der Waals surface area contributed by atoms with Crippen LogP contribution in [0, 0.1) is 0 Å². The first-order chi connectivity index (χ1) is 15.3. The summed E-state index contributed by atoms with van der Waals surface area (Å²) in [6.07, 6.45) is -2.74. The topological polar surface area (TPSA) is 117 Å². The zero-order valence-corrected chi connectivity index (χ0v) is 23.6. The summed E-state index contributed by atoms with van der Waals surface area (Å²) in [6.45, 7) is 10.6. The number of hydrogen-bond donors (Lipinski definition) is 3. The minimum Gasteiger partial charge on any atom is -0.408 e. The van der Waals surface area contributed by atoms with Crippen LogP contribution in [0.1, 0.15) is 27.0 Å². The van der Waals surface area contributed by atoms with E-state index in [2.05, 4.69) is 48.8 Å². The normalized spacial score (nSPS) is 28.1. The number of aromatic amines is 1. The molecule has 0 aliphatic carbocycles. The molecule has 2 aliphatic rings. The van der Waals surface area contributed by atoms with Gasteiger partial charge in [-0.1, -0.05) is 20.8 Å². The molecular weight excluding hydrogens is 524 g/mol. The molecule has 0 spiro atoms. The number of imidazole rings is 1. The summed E-state index contributed by atoms with van der Waals surface area (Å²) in [5.74, 6) is 1.89. The summed E-state index contributed by atoms with van der Waals surface area (Å²) in [4.78, 5) is 22.8. The van der Waals surface area contributed by atoms with Crippen molar-refractivity contribution in [2.75, 3.05) is 23.8 Å². The lowest BCUT2D eigenvalue weighted by Gasteiger charge is -2.39. The molecule has 184 valence electrons. The van der Waals surface area contributed by atoms with E-state index in [1.165, 1.54) is 10.9 Å². The Labute approximate surface area is 206 Å². The van der Waals surface area contributed by atoms with Crippen molar-refractivity contribution < 1.29 is 18.1 Å². The van der Waals surface area contributed by atoms with Crippen LogP contribution in [0.15, 0.2) is 11.1 Å². The van der Waals surface area contributed by atoms with Crippen LogP contribution in [-0.4, -0.2) is 64.3 Å². The Kier molecular flexibility index (Phi) is 7.23. The van der Waals surface area contributed by atoms with Gasteiger partial charge in [0.25, 0.3) is 5.56 Å². The van der Waals surface area contributed by atoms with Gasteiger partial charge in [0.1, 0.15) is 18.8 Å². The fourth-order valence-electron chi connectivity index (χ4n) is 3.42. The average molecular weight is 555 g/mol. The summed E-state index contributed by atoms with van der Waals surface area (Å²) in [5.41, 5.74) is 5.46. The molecule has 4 heterocycles. The number of rotatable bonds is 6. The molecule has 3 N–H and O–H groups in total. The Balaban J connectivity index is 1.65. The van der Waals surface area contributed by atoms with Gasteiger partial charge in [0.2, 0.25) is 5.95 Å². The van der Waals surface area contributed by atoms with Crippen molar-refractivity contribution in [3.63, 3.8) is 0 Å². The van der Waals surface area contributed by atoms with E-state index in [9.17, 15) is 4.79 Å². The van der Waals surface area contributed by atoms with Crippen LogP contribution in [-0.2, 0) is 13.7 Å². The molecule has 2 aromatic rings. The van der Waals surface area contributed by atoms with Crippen LogP contribution in [0.5, 0.6) is 0 Å². The third kappa shape index (κ3) is 5.13. The van der Waals surface area contributed by atoms with Gasteiger partial charge >= 0.3 is 5.10 Å². The van der Waals surface area contributed by atoms with Crippen LogP contribution in [0.2, 0.25) is 18.1 Å². The van der Waals surface area contributed by atoms with Gasteiger partial charge in [0.05, 0.1) is 41.3 Å². The summed E-state index contributed by atoms with van der Waals surface area (Å²) in [6, 6.07) is 0. The van der Waals surface area contributed by atoms with Crippen molar-refractivity contribution in [1.82, 2.24) is 19.5 Å². The number of fused-ring (bicyclic) bond motifs is 1. The third-order valence-electron chi connectivity index (χ3n) is 6.22. The van der Waals surface area contributed by atoms with E-state index >= 15 is 4.39 Å². The first kappa shape index (κ1) is 25.7. The molecule has 0 saturated carbocycles. The first-order valence-electron chi connectivity index (χ1n) is 10.6. The Morgan fingerprint density at radius 2 is 2.09 bits per heavy atom. The van der Waals surface area contributed by atoms with Crippen molar-refractivity contribution in [3.05, 3.63) is 16.7 Å². The van der Waals surface area contributed by atoms with Crippen LogP contribution >= 0.6 is 40.1 Å². The van der Waals surface area contributed by atoms with Crippen LogP contribution < -0.4 is 11.3 Å². The van der Waals surface area contributed by atoms with E-state index in [1.807, 2.05) is 0 Å². The summed E-state index contributed by atoms with van der Waals surface area (Å²) >= 11 is 8.16. The number of alkyl halides is 1. The van der Waals surface area contributed by atoms with E-state index in [4.69, 9.17) is 31.7 Å². The molecule has 33 heavy (non-hydrogen) atoms. The van der Waals surface area contributed by atoms with Gasteiger partial charge in [0, 0.05) is 11.5 Å². The van der Waals surface area contributed by atoms with Crippen molar-refractivity contribution >= 4 is 65.5 Å². The molecule has 0 unspecified atom stereocenters. The van der Waals surface area contributed by atoms with Crippen molar-refractivity contribution in [3.8, 4) is 0 Å². The second-order valence-electron chi connectivity index (χ2n) is 9.56. The Morgan fingerprint density at radius 3 is 2.73 bits per heavy atom. The van der Waals surface area contributed by atoms with Gasteiger partial charge in [-0.05, 0) is 18.1 Å². The highest BCUT2D eigenvalue weighted by Crippen LogP contribution is 2.87. The Hall–Kier alpha value is -0.343.